The van der Waals surface area contributed by atoms with Gasteiger partial charge in [-0.05, 0) is 6.42 Å². The average molecular weight is 188 g/mol. The molecule has 0 N–H and O–H groups in total. The van der Waals surface area contributed by atoms with Crippen molar-refractivity contribution in [2.24, 2.45) is 0 Å². The van der Waals surface area contributed by atoms with Gasteiger partial charge in [0.2, 0.25) is 0 Å². The molecule has 0 nitrogen and oxygen atoms in total. The van der Waals surface area contributed by atoms with E-state index in [-0.39, 0.29) is 17.1 Å². The summed E-state index contributed by atoms with van der Waals surface area (Å²) in [6, 6.07) is 0. The standard InChI is InChI=1S/C5H11Cl.H2Se/c1-2-3-4-5-6;/h2-5H2,1H3;1H2. The number of rotatable bonds is 3. The van der Waals surface area contributed by atoms with Crippen molar-refractivity contribution in [2.45, 2.75) is 26.2 Å². The summed E-state index contributed by atoms with van der Waals surface area (Å²) in [6.45, 7) is 2.17. The SMILES string of the molecule is CCCCCCl.[SeH2]. The van der Waals surface area contributed by atoms with Gasteiger partial charge < -0.3 is 0 Å². The second-order valence-electron chi connectivity index (χ2n) is 1.40. The van der Waals surface area contributed by atoms with Crippen LogP contribution >= 0.6 is 11.6 Å². The van der Waals surface area contributed by atoms with Crippen LogP contribution in [-0.4, -0.2) is 22.9 Å². The molecule has 0 saturated carbocycles. The third kappa shape index (κ3) is 10.9. The predicted octanol–water partition coefficient (Wildman–Crippen LogP) is 1.50. The number of unbranched alkanes of at least 4 members (excludes halogenated alkanes) is 2. The second-order valence-corrected chi connectivity index (χ2v) is 1.77. The van der Waals surface area contributed by atoms with E-state index in [9.17, 15) is 0 Å². The Morgan fingerprint density at radius 1 is 1.29 bits per heavy atom. The first-order valence-electron chi connectivity index (χ1n) is 2.47. The third-order valence-electron chi connectivity index (χ3n) is 0.737. The molecule has 0 rings (SSSR count). The minimum absolute atomic E-state index is 0. The topological polar surface area (TPSA) is 0 Å². The number of hydrogen-bond donors (Lipinski definition) is 0. The van der Waals surface area contributed by atoms with Crippen LogP contribution in [0.15, 0.2) is 0 Å². The van der Waals surface area contributed by atoms with Gasteiger partial charge in [0.1, 0.15) is 0 Å². The Labute approximate surface area is 61.1 Å². The van der Waals surface area contributed by atoms with Gasteiger partial charge in [-0.15, -0.1) is 11.6 Å². The summed E-state index contributed by atoms with van der Waals surface area (Å²) in [5.41, 5.74) is 0. The molecule has 0 aliphatic heterocycles. The summed E-state index contributed by atoms with van der Waals surface area (Å²) in [5.74, 6) is 0.827. The maximum atomic E-state index is 5.38. The van der Waals surface area contributed by atoms with Crippen LogP contribution < -0.4 is 0 Å². The van der Waals surface area contributed by atoms with E-state index in [1.54, 1.807) is 0 Å². The van der Waals surface area contributed by atoms with Crippen molar-refractivity contribution in [1.29, 1.82) is 0 Å². The van der Waals surface area contributed by atoms with E-state index in [1.807, 2.05) is 0 Å². The van der Waals surface area contributed by atoms with Gasteiger partial charge in [0.15, 0.2) is 0 Å². The molecule has 0 saturated heterocycles. The molecule has 2 heteroatoms. The van der Waals surface area contributed by atoms with Gasteiger partial charge in [0.05, 0.1) is 0 Å². The molecule has 0 aromatic carbocycles. The van der Waals surface area contributed by atoms with Crippen LogP contribution in [0, 0.1) is 0 Å². The van der Waals surface area contributed by atoms with Crippen molar-refractivity contribution in [3.05, 3.63) is 0 Å². The van der Waals surface area contributed by atoms with E-state index in [0.717, 1.165) is 5.88 Å². The Balaban J connectivity index is 0. The summed E-state index contributed by atoms with van der Waals surface area (Å²) < 4.78 is 0. The van der Waals surface area contributed by atoms with Gasteiger partial charge >= 0.3 is 17.1 Å². The van der Waals surface area contributed by atoms with Crippen molar-refractivity contribution in [2.75, 3.05) is 5.88 Å². The molecule has 0 fully saturated rings. The normalized spacial score (nSPS) is 7.71. The molecule has 0 atom stereocenters. The Morgan fingerprint density at radius 3 is 2.00 bits per heavy atom. The van der Waals surface area contributed by atoms with Crippen LogP contribution in [0.3, 0.4) is 0 Å². The third-order valence-corrected chi connectivity index (χ3v) is 1.00. The molecule has 7 heavy (non-hydrogen) atoms. The fourth-order valence-electron chi connectivity index (χ4n) is 0.344. The van der Waals surface area contributed by atoms with Crippen LogP contribution in [0.5, 0.6) is 0 Å². The van der Waals surface area contributed by atoms with Gasteiger partial charge in [-0.3, -0.25) is 0 Å². The fraction of sp³-hybridized carbons (Fsp3) is 1.00. The molecule has 0 heterocycles. The Hall–Kier alpha value is 0.809. The molecule has 0 aromatic rings. The first-order valence-corrected chi connectivity index (χ1v) is 3.01. The minimum atomic E-state index is 0. The maximum absolute atomic E-state index is 5.38. The molecule has 0 unspecified atom stereocenters. The molecule has 0 aromatic heterocycles. The second kappa shape index (κ2) is 9.94. The first kappa shape index (κ1) is 10.7. The molecule has 0 bridgehead atoms. The van der Waals surface area contributed by atoms with E-state index in [1.165, 1.54) is 19.3 Å². The zero-order chi connectivity index (χ0) is 4.83. The van der Waals surface area contributed by atoms with Gasteiger partial charge in [0.25, 0.3) is 0 Å². The van der Waals surface area contributed by atoms with Crippen LogP contribution in [-0.2, 0) is 0 Å². The zero-order valence-electron chi connectivity index (χ0n) is 4.71. The van der Waals surface area contributed by atoms with Crippen molar-refractivity contribution in [3.8, 4) is 0 Å². The summed E-state index contributed by atoms with van der Waals surface area (Å²) in [4.78, 5) is 0. The zero-order valence-corrected chi connectivity index (χ0v) is 7.56. The molecule has 0 amide bonds. The van der Waals surface area contributed by atoms with Crippen molar-refractivity contribution in [1.82, 2.24) is 0 Å². The Morgan fingerprint density at radius 2 is 1.86 bits per heavy atom. The average Bonchev–Trinajstić information content (AvgIpc) is 1.61. The summed E-state index contributed by atoms with van der Waals surface area (Å²) >= 11 is 5.38. The molecule has 0 spiro atoms. The van der Waals surface area contributed by atoms with Crippen molar-refractivity contribution in [3.63, 3.8) is 0 Å². The Bertz CT molecular complexity index is 20.0. The Kier molecular flexibility index (Phi) is 15.2. The van der Waals surface area contributed by atoms with Crippen molar-refractivity contribution >= 4 is 28.7 Å². The van der Waals surface area contributed by atoms with E-state index in [0.29, 0.717) is 0 Å². The van der Waals surface area contributed by atoms with Crippen molar-refractivity contribution < 1.29 is 0 Å². The number of halogens is 1. The molecular weight excluding hydrogens is 174 g/mol. The number of alkyl halides is 1. The summed E-state index contributed by atoms with van der Waals surface area (Å²) in [6.07, 6.45) is 3.73. The monoisotopic (exact) mass is 188 g/mol. The van der Waals surface area contributed by atoms with Crippen LogP contribution in [0.25, 0.3) is 0 Å². The molecule has 0 aliphatic rings. The van der Waals surface area contributed by atoms with Gasteiger partial charge in [-0.25, -0.2) is 0 Å². The predicted molar refractivity (Wildman–Crippen MR) is 38.8 cm³/mol. The van der Waals surface area contributed by atoms with E-state index in [4.69, 9.17) is 11.6 Å². The van der Waals surface area contributed by atoms with E-state index < -0.39 is 0 Å². The van der Waals surface area contributed by atoms with Crippen LogP contribution in [0.4, 0.5) is 0 Å². The summed E-state index contributed by atoms with van der Waals surface area (Å²) in [7, 11) is 0. The first-order chi connectivity index (χ1) is 2.91. The summed E-state index contributed by atoms with van der Waals surface area (Å²) in [5, 5.41) is 0. The molecule has 46 valence electrons. The van der Waals surface area contributed by atoms with Gasteiger partial charge in [-0.1, -0.05) is 19.8 Å². The molecular formula is C5H13ClSe. The molecule has 0 aliphatic carbocycles. The van der Waals surface area contributed by atoms with Gasteiger partial charge in [-0.2, -0.15) is 0 Å². The van der Waals surface area contributed by atoms with Gasteiger partial charge in [0, 0.05) is 5.88 Å². The fourth-order valence-corrected chi connectivity index (χ4v) is 0.533. The van der Waals surface area contributed by atoms with E-state index >= 15 is 0 Å². The van der Waals surface area contributed by atoms with Crippen LogP contribution in [0.1, 0.15) is 26.2 Å². The van der Waals surface area contributed by atoms with E-state index in [2.05, 4.69) is 6.92 Å². The molecule has 0 radical (unpaired) electrons. The quantitative estimate of drug-likeness (QED) is 0.357. The number of hydrogen-bond acceptors (Lipinski definition) is 0. The van der Waals surface area contributed by atoms with Crippen LogP contribution in [0.2, 0.25) is 0 Å².